The van der Waals surface area contributed by atoms with Crippen molar-refractivity contribution < 1.29 is 9.90 Å². The molecule has 22 heavy (non-hydrogen) atoms. The molecule has 0 bridgehead atoms. The zero-order chi connectivity index (χ0) is 16.4. The first-order valence-electron chi connectivity index (χ1n) is 7.46. The van der Waals surface area contributed by atoms with E-state index in [1.165, 1.54) is 5.56 Å². The Morgan fingerprint density at radius 3 is 2.23 bits per heavy atom. The third-order valence-corrected chi connectivity index (χ3v) is 4.97. The van der Waals surface area contributed by atoms with Crippen molar-refractivity contribution in [2.45, 2.75) is 45.8 Å². The van der Waals surface area contributed by atoms with Gasteiger partial charge in [-0.1, -0.05) is 43.7 Å². The van der Waals surface area contributed by atoms with E-state index in [0.29, 0.717) is 10.8 Å². The smallest absolute Gasteiger partial charge is 0.334 e. The van der Waals surface area contributed by atoms with Gasteiger partial charge in [-0.25, -0.2) is 4.79 Å². The largest absolute Gasteiger partial charge is 0.478 e. The Morgan fingerprint density at radius 2 is 1.73 bits per heavy atom. The molecule has 1 aromatic carbocycles. The van der Waals surface area contributed by atoms with Crippen LogP contribution in [0.1, 0.15) is 44.7 Å². The van der Waals surface area contributed by atoms with Crippen LogP contribution in [0.4, 0.5) is 0 Å². The van der Waals surface area contributed by atoms with Gasteiger partial charge in [0.2, 0.25) is 0 Å². The molecule has 118 valence electrons. The maximum atomic E-state index is 11.8. The van der Waals surface area contributed by atoms with Gasteiger partial charge >= 0.3 is 5.97 Å². The van der Waals surface area contributed by atoms with E-state index in [-0.39, 0.29) is 5.92 Å². The van der Waals surface area contributed by atoms with Crippen molar-refractivity contribution in [3.05, 3.63) is 57.3 Å². The molecule has 0 saturated heterocycles. The molecule has 1 aliphatic heterocycles. The summed E-state index contributed by atoms with van der Waals surface area (Å²) in [7, 11) is 0. The zero-order valence-corrected chi connectivity index (χ0v) is 14.5. The highest BCUT2D eigenvalue weighted by Gasteiger charge is 2.33. The molecule has 2 rings (SSSR count). The molecule has 1 aliphatic rings. The summed E-state index contributed by atoms with van der Waals surface area (Å²) in [6.45, 7) is 10.2. The lowest BCUT2D eigenvalue weighted by molar-refractivity contribution is -0.133. The predicted octanol–water partition coefficient (Wildman–Crippen LogP) is 4.41. The number of dihydropyridines is 1. The molecule has 3 nitrogen and oxygen atoms in total. The highest BCUT2D eigenvalue weighted by molar-refractivity contribution is 8.03. The Labute approximate surface area is 136 Å². The fraction of sp³-hybridized carbons (Fsp3) is 0.389. The normalized spacial score (nSPS) is 18.7. The summed E-state index contributed by atoms with van der Waals surface area (Å²) in [6.07, 6.45) is 0. The van der Waals surface area contributed by atoms with Crippen molar-refractivity contribution >= 4 is 17.7 Å². The maximum Gasteiger partial charge on any atom is 0.334 e. The van der Waals surface area contributed by atoms with Crippen LogP contribution in [-0.2, 0) is 4.79 Å². The fourth-order valence-electron chi connectivity index (χ4n) is 2.75. The molecular weight excluding hydrogens is 294 g/mol. The Hall–Kier alpha value is -1.68. The van der Waals surface area contributed by atoms with Gasteiger partial charge in [0.1, 0.15) is 0 Å². The lowest BCUT2D eigenvalue weighted by Crippen LogP contribution is -2.27. The van der Waals surface area contributed by atoms with Crippen LogP contribution in [0.15, 0.2) is 46.1 Å². The van der Waals surface area contributed by atoms with Crippen molar-refractivity contribution in [2.75, 3.05) is 0 Å². The molecule has 0 spiro atoms. The van der Waals surface area contributed by atoms with Gasteiger partial charge in [0, 0.05) is 21.5 Å². The highest BCUT2D eigenvalue weighted by atomic mass is 32.2. The molecule has 0 amide bonds. The van der Waals surface area contributed by atoms with E-state index in [4.69, 9.17) is 0 Å². The number of nitrogens with one attached hydrogen (secondary N) is 1. The van der Waals surface area contributed by atoms with Gasteiger partial charge in [-0.2, -0.15) is 0 Å². The average molecular weight is 317 g/mol. The Balaban J connectivity index is 2.58. The molecule has 0 aliphatic carbocycles. The number of aliphatic carboxylic acids is 1. The third kappa shape index (κ3) is 3.38. The predicted molar refractivity (Wildman–Crippen MR) is 92.8 cm³/mol. The monoisotopic (exact) mass is 317 g/mol. The number of hydrogen-bond donors (Lipinski definition) is 2. The van der Waals surface area contributed by atoms with Crippen LogP contribution < -0.4 is 5.32 Å². The standard InChI is InChI=1S/C18H23NO2S/c1-10(2)22-17-13(5)19-12(4)15(18(20)21)16(17)14-8-6-11(3)7-9-14/h6-10,16,19H,1-5H3,(H,20,21). The molecule has 1 heterocycles. The van der Waals surface area contributed by atoms with Gasteiger partial charge in [-0.15, -0.1) is 11.8 Å². The van der Waals surface area contributed by atoms with Crippen LogP contribution in [0, 0.1) is 6.92 Å². The molecule has 1 unspecified atom stereocenters. The van der Waals surface area contributed by atoms with E-state index in [1.54, 1.807) is 11.8 Å². The van der Waals surface area contributed by atoms with Crippen LogP contribution in [-0.4, -0.2) is 16.3 Å². The molecule has 0 fully saturated rings. The summed E-state index contributed by atoms with van der Waals surface area (Å²) in [6, 6.07) is 8.16. The van der Waals surface area contributed by atoms with E-state index in [2.05, 4.69) is 19.2 Å². The molecule has 1 aromatic rings. The third-order valence-electron chi connectivity index (χ3n) is 3.70. The van der Waals surface area contributed by atoms with E-state index in [0.717, 1.165) is 21.9 Å². The van der Waals surface area contributed by atoms with Crippen LogP contribution >= 0.6 is 11.8 Å². The Kier molecular flexibility index (Phi) is 5.01. The number of allylic oxidation sites excluding steroid dienone is 3. The number of carboxylic acids is 1. The van der Waals surface area contributed by atoms with Crippen molar-refractivity contribution in [3.8, 4) is 0 Å². The first-order chi connectivity index (χ1) is 10.3. The molecule has 0 saturated carbocycles. The number of carbonyl (C=O) groups is 1. The number of rotatable bonds is 4. The van der Waals surface area contributed by atoms with Gasteiger partial charge in [0.05, 0.1) is 11.5 Å². The van der Waals surface area contributed by atoms with E-state index < -0.39 is 5.97 Å². The summed E-state index contributed by atoms with van der Waals surface area (Å²) in [4.78, 5) is 12.9. The van der Waals surface area contributed by atoms with Crippen LogP contribution in [0.25, 0.3) is 0 Å². The van der Waals surface area contributed by atoms with E-state index >= 15 is 0 Å². The average Bonchev–Trinajstić information content (AvgIpc) is 2.41. The maximum absolute atomic E-state index is 11.8. The molecule has 4 heteroatoms. The minimum Gasteiger partial charge on any atom is -0.478 e. The molecule has 0 radical (unpaired) electrons. The number of aryl methyl sites for hydroxylation is 1. The van der Waals surface area contributed by atoms with Crippen LogP contribution in [0.2, 0.25) is 0 Å². The molecular formula is C18H23NO2S. The van der Waals surface area contributed by atoms with Crippen molar-refractivity contribution in [2.24, 2.45) is 0 Å². The number of hydrogen-bond acceptors (Lipinski definition) is 3. The lowest BCUT2D eigenvalue weighted by atomic mass is 9.86. The molecule has 2 N–H and O–H groups in total. The van der Waals surface area contributed by atoms with E-state index in [9.17, 15) is 9.90 Å². The van der Waals surface area contributed by atoms with Crippen LogP contribution in [0.3, 0.4) is 0 Å². The second-order valence-corrected chi connectivity index (χ2v) is 7.59. The fourth-order valence-corrected chi connectivity index (χ4v) is 3.87. The van der Waals surface area contributed by atoms with Crippen molar-refractivity contribution in [3.63, 3.8) is 0 Å². The van der Waals surface area contributed by atoms with Gasteiger partial charge in [-0.3, -0.25) is 0 Å². The number of carboxylic acid groups (broad SMARTS) is 1. The molecule has 1 atom stereocenters. The van der Waals surface area contributed by atoms with Gasteiger partial charge in [-0.05, 0) is 26.3 Å². The van der Waals surface area contributed by atoms with Crippen molar-refractivity contribution in [1.29, 1.82) is 0 Å². The second-order valence-electron chi connectivity index (χ2n) is 5.97. The topological polar surface area (TPSA) is 49.3 Å². The first-order valence-corrected chi connectivity index (χ1v) is 8.34. The summed E-state index contributed by atoms with van der Waals surface area (Å²) in [5.41, 5.74) is 4.42. The lowest BCUT2D eigenvalue weighted by Gasteiger charge is -2.31. The van der Waals surface area contributed by atoms with Gasteiger partial charge < -0.3 is 10.4 Å². The van der Waals surface area contributed by atoms with Gasteiger partial charge in [0.15, 0.2) is 0 Å². The van der Waals surface area contributed by atoms with Gasteiger partial charge in [0.25, 0.3) is 0 Å². The second kappa shape index (κ2) is 6.61. The Morgan fingerprint density at radius 1 is 1.14 bits per heavy atom. The summed E-state index contributed by atoms with van der Waals surface area (Å²) >= 11 is 1.73. The van der Waals surface area contributed by atoms with Crippen molar-refractivity contribution in [1.82, 2.24) is 5.32 Å². The van der Waals surface area contributed by atoms with Crippen LogP contribution in [0.5, 0.6) is 0 Å². The quantitative estimate of drug-likeness (QED) is 0.863. The molecule has 0 aromatic heterocycles. The minimum absolute atomic E-state index is 0.202. The van der Waals surface area contributed by atoms with E-state index in [1.807, 2.05) is 45.0 Å². The SMILES string of the molecule is CC1=C(SC(C)C)C(c2ccc(C)cc2)C(C(=O)O)=C(C)N1. The Bertz CT molecular complexity index is 642. The summed E-state index contributed by atoms with van der Waals surface area (Å²) < 4.78 is 0. The number of thioether (sulfide) groups is 1. The highest BCUT2D eigenvalue weighted by Crippen LogP contribution is 2.44. The summed E-state index contributed by atoms with van der Waals surface area (Å²) in [5, 5.41) is 13.3. The minimum atomic E-state index is -0.857. The first kappa shape index (κ1) is 16.7. The zero-order valence-electron chi connectivity index (χ0n) is 13.7. The summed E-state index contributed by atoms with van der Waals surface area (Å²) in [5.74, 6) is -1.06. The number of benzene rings is 1.